The Morgan fingerprint density at radius 3 is 2.84 bits per heavy atom. The summed E-state index contributed by atoms with van der Waals surface area (Å²) in [6, 6.07) is 8.99. The Balaban J connectivity index is 1.47. The highest BCUT2D eigenvalue weighted by atomic mass is 35.5. The molecule has 0 radical (unpaired) electrons. The van der Waals surface area contributed by atoms with E-state index in [1.807, 2.05) is 44.3 Å². The molecule has 4 rings (SSSR count). The number of carbonyl (C=O) groups is 1. The maximum absolute atomic E-state index is 12.6. The average Bonchev–Trinajstić information content (AvgIpc) is 3.21. The van der Waals surface area contributed by atoms with Gasteiger partial charge in [-0.3, -0.25) is 9.48 Å². The first-order valence-electron chi connectivity index (χ1n) is 10.0. The van der Waals surface area contributed by atoms with Crippen LogP contribution in [0.2, 0.25) is 5.02 Å². The van der Waals surface area contributed by atoms with Gasteiger partial charge in [0, 0.05) is 18.4 Å². The number of hydrogen-bond donors (Lipinski definition) is 2. The fourth-order valence-electron chi connectivity index (χ4n) is 3.17. The lowest BCUT2D eigenvalue weighted by Crippen LogP contribution is -2.13. The molecule has 0 saturated heterocycles. The summed E-state index contributed by atoms with van der Waals surface area (Å²) < 4.78 is 6.82. The maximum atomic E-state index is 12.6. The van der Waals surface area contributed by atoms with Crippen molar-refractivity contribution in [1.29, 1.82) is 0 Å². The molecule has 2 N–H and O–H groups in total. The van der Waals surface area contributed by atoms with Crippen molar-refractivity contribution >= 4 is 40.2 Å². The van der Waals surface area contributed by atoms with Gasteiger partial charge < -0.3 is 15.4 Å². The highest BCUT2D eigenvalue weighted by Crippen LogP contribution is 2.24. The molecular formula is C22H22ClN7O2. The number of halogens is 1. The number of rotatable bonds is 7. The molecule has 164 valence electrons. The quantitative estimate of drug-likeness (QED) is 0.430. The summed E-state index contributed by atoms with van der Waals surface area (Å²) in [4.78, 5) is 25.6. The van der Waals surface area contributed by atoms with Crippen LogP contribution in [0.3, 0.4) is 0 Å². The molecule has 9 nitrogen and oxygen atoms in total. The number of carbonyl (C=O) groups excluding carboxylic acids is 1. The summed E-state index contributed by atoms with van der Waals surface area (Å²) in [6.45, 7) is 4.78. The number of ether oxygens (including phenoxy) is 1. The van der Waals surface area contributed by atoms with Crippen LogP contribution < -0.4 is 15.4 Å². The summed E-state index contributed by atoms with van der Waals surface area (Å²) >= 11 is 6.07. The third kappa shape index (κ3) is 4.62. The van der Waals surface area contributed by atoms with E-state index in [-0.39, 0.29) is 22.9 Å². The highest BCUT2D eigenvalue weighted by Gasteiger charge is 2.13. The largest absolute Gasteiger partial charge is 0.480 e. The van der Waals surface area contributed by atoms with Crippen molar-refractivity contribution in [2.75, 3.05) is 17.7 Å². The summed E-state index contributed by atoms with van der Waals surface area (Å²) in [5, 5.41) is 10.9. The van der Waals surface area contributed by atoms with Gasteiger partial charge in [0.05, 0.1) is 31.1 Å². The lowest BCUT2D eigenvalue weighted by molar-refractivity contribution is 0.102. The Bertz CT molecular complexity index is 1270. The molecule has 0 aliphatic carbocycles. The monoisotopic (exact) mass is 451 g/mol. The van der Waals surface area contributed by atoms with Crippen LogP contribution in [0.4, 0.5) is 11.5 Å². The molecule has 10 heteroatoms. The fourth-order valence-corrected chi connectivity index (χ4v) is 3.41. The van der Waals surface area contributed by atoms with Crippen molar-refractivity contribution in [1.82, 2.24) is 24.7 Å². The molecule has 1 atom stereocenters. The van der Waals surface area contributed by atoms with Crippen LogP contribution in [-0.2, 0) is 6.54 Å². The number of pyridine rings is 1. The molecule has 4 aromatic rings. The Labute approximate surface area is 189 Å². The first-order chi connectivity index (χ1) is 15.5. The van der Waals surface area contributed by atoms with E-state index in [9.17, 15) is 4.79 Å². The zero-order valence-corrected chi connectivity index (χ0v) is 18.6. The Hall–Kier alpha value is -3.72. The van der Waals surface area contributed by atoms with Gasteiger partial charge in [-0.1, -0.05) is 23.7 Å². The van der Waals surface area contributed by atoms with Crippen LogP contribution in [0, 0.1) is 0 Å². The van der Waals surface area contributed by atoms with E-state index in [4.69, 9.17) is 16.3 Å². The minimum absolute atomic E-state index is 0.0797. The number of aromatic nitrogens is 5. The van der Waals surface area contributed by atoms with Crippen molar-refractivity contribution in [3.05, 3.63) is 65.1 Å². The van der Waals surface area contributed by atoms with E-state index < -0.39 is 0 Å². The van der Waals surface area contributed by atoms with Gasteiger partial charge in [0.2, 0.25) is 11.5 Å². The minimum Gasteiger partial charge on any atom is -0.480 e. The SMILES string of the molecule is CCn1cc2ncc(N[C@@H](C)c3cccc(NC(=O)c4cnc(OC)c(Cl)c4)c3)nc2n1. The molecule has 3 aromatic heterocycles. The van der Waals surface area contributed by atoms with Gasteiger partial charge in [0.15, 0.2) is 0 Å². The molecular weight excluding hydrogens is 430 g/mol. The van der Waals surface area contributed by atoms with Crippen LogP contribution in [0.5, 0.6) is 5.88 Å². The predicted molar refractivity (Wildman–Crippen MR) is 123 cm³/mol. The van der Waals surface area contributed by atoms with E-state index in [0.717, 1.165) is 17.6 Å². The smallest absolute Gasteiger partial charge is 0.257 e. The lowest BCUT2D eigenvalue weighted by atomic mass is 10.1. The van der Waals surface area contributed by atoms with Gasteiger partial charge in [-0.25, -0.2) is 15.0 Å². The van der Waals surface area contributed by atoms with E-state index >= 15 is 0 Å². The number of fused-ring (bicyclic) bond motifs is 1. The Kier molecular flexibility index (Phi) is 6.18. The topological polar surface area (TPSA) is 107 Å². The highest BCUT2D eigenvalue weighted by molar-refractivity contribution is 6.32. The molecule has 0 aliphatic heterocycles. The van der Waals surface area contributed by atoms with Crippen LogP contribution in [0.25, 0.3) is 11.2 Å². The van der Waals surface area contributed by atoms with Gasteiger partial charge >= 0.3 is 0 Å². The summed E-state index contributed by atoms with van der Waals surface area (Å²) in [5.74, 6) is 0.579. The molecule has 0 aliphatic rings. The van der Waals surface area contributed by atoms with Crippen LogP contribution in [-0.4, -0.2) is 37.7 Å². The third-order valence-electron chi connectivity index (χ3n) is 4.87. The Morgan fingerprint density at radius 2 is 2.09 bits per heavy atom. The molecule has 0 fully saturated rings. The van der Waals surface area contributed by atoms with E-state index in [1.54, 1.807) is 10.9 Å². The molecule has 0 bridgehead atoms. The van der Waals surface area contributed by atoms with Crippen molar-refractivity contribution in [2.45, 2.75) is 26.4 Å². The third-order valence-corrected chi connectivity index (χ3v) is 5.14. The number of benzene rings is 1. The van der Waals surface area contributed by atoms with E-state index in [2.05, 4.69) is 30.7 Å². The van der Waals surface area contributed by atoms with Crippen molar-refractivity contribution in [3.63, 3.8) is 0 Å². The van der Waals surface area contributed by atoms with Crippen LogP contribution in [0.1, 0.15) is 35.8 Å². The van der Waals surface area contributed by atoms with Gasteiger partial charge in [0.1, 0.15) is 16.4 Å². The zero-order chi connectivity index (χ0) is 22.7. The predicted octanol–water partition coefficient (Wildman–Crippen LogP) is 4.33. The van der Waals surface area contributed by atoms with Crippen LogP contribution >= 0.6 is 11.6 Å². The normalized spacial score (nSPS) is 11.9. The van der Waals surface area contributed by atoms with Gasteiger partial charge in [-0.2, -0.15) is 5.10 Å². The van der Waals surface area contributed by atoms with Crippen molar-refractivity contribution in [3.8, 4) is 5.88 Å². The van der Waals surface area contributed by atoms with Gasteiger partial charge in [0.25, 0.3) is 5.91 Å². The van der Waals surface area contributed by atoms with E-state index in [0.29, 0.717) is 22.7 Å². The number of anilines is 2. The van der Waals surface area contributed by atoms with Crippen molar-refractivity contribution < 1.29 is 9.53 Å². The molecule has 1 amide bonds. The van der Waals surface area contributed by atoms with Gasteiger partial charge in [-0.05, 0) is 37.6 Å². The second-order valence-corrected chi connectivity index (χ2v) is 7.52. The molecule has 32 heavy (non-hydrogen) atoms. The first-order valence-corrected chi connectivity index (χ1v) is 10.4. The van der Waals surface area contributed by atoms with E-state index in [1.165, 1.54) is 19.4 Å². The lowest BCUT2D eigenvalue weighted by Gasteiger charge is -2.16. The number of nitrogens with zero attached hydrogens (tertiary/aromatic N) is 5. The zero-order valence-electron chi connectivity index (χ0n) is 17.8. The number of amides is 1. The number of hydrogen-bond acceptors (Lipinski definition) is 7. The summed E-state index contributed by atoms with van der Waals surface area (Å²) in [6.07, 6.45) is 4.97. The number of methoxy groups -OCH3 is 1. The second-order valence-electron chi connectivity index (χ2n) is 7.11. The fraction of sp³-hybridized carbons (Fsp3) is 0.227. The average molecular weight is 452 g/mol. The minimum atomic E-state index is -0.317. The number of aryl methyl sites for hydroxylation is 1. The molecule has 3 heterocycles. The standard InChI is InChI=1S/C22H22ClN7O2/c1-4-30-12-18-20(29-30)28-19(11-24-18)26-13(2)14-6-5-7-16(8-14)27-21(31)15-9-17(23)22(32-3)25-10-15/h5-13H,4H2,1-3H3,(H,27,31)(H,26,28,29)/t13-/m0/s1. The van der Waals surface area contributed by atoms with Crippen LogP contribution in [0.15, 0.2) is 48.9 Å². The summed E-state index contributed by atoms with van der Waals surface area (Å²) in [7, 11) is 1.47. The van der Waals surface area contributed by atoms with Crippen molar-refractivity contribution in [2.24, 2.45) is 0 Å². The molecule has 0 unspecified atom stereocenters. The summed E-state index contributed by atoms with van der Waals surface area (Å²) in [5.41, 5.74) is 3.30. The Morgan fingerprint density at radius 1 is 1.25 bits per heavy atom. The molecule has 0 spiro atoms. The first kappa shape index (κ1) is 21.5. The maximum Gasteiger partial charge on any atom is 0.257 e. The molecule has 0 saturated carbocycles. The molecule has 1 aromatic carbocycles. The number of nitrogens with one attached hydrogen (secondary N) is 2. The van der Waals surface area contributed by atoms with Gasteiger partial charge in [-0.15, -0.1) is 0 Å². The second kappa shape index (κ2) is 9.19.